The van der Waals surface area contributed by atoms with E-state index in [0.29, 0.717) is 52.6 Å². The molecule has 1 aliphatic heterocycles. The first-order valence-electron chi connectivity index (χ1n) is 9.83. The van der Waals surface area contributed by atoms with Gasteiger partial charge in [0.1, 0.15) is 5.75 Å². The molecular formula is C21H23FN4O3S. The van der Waals surface area contributed by atoms with Crippen molar-refractivity contribution in [2.24, 2.45) is 5.92 Å². The highest BCUT2D eigenvalue weighted by atomic mass is 32.1. The molecule has 9 heteroatoms. The van der Waals surface area contributed by atoms with E-state index >= 15 is 0 Å². The lowest BCUT2D eigenvalue weighted by atomic mass is 9.94. The normalized spacial score (nSPS) is 14.9. The minimum Gasteiger partial charge on any atom is -0.497 e. The molecule has 0 saturated carbocycles. The van der Waals surface area contributed by atoms with Crippen LogP contribution in [-0.4, -0.2) is 47.5 Å². The summed E-state index contributed by atoms with van der Waals surface area (Å²) in [5.41, 5.74) is 6.42. The van der Waals surface area contributed by atoms with Gasteiger partial charge in [-0.3, -0.25) is 14.0 Å². The SMILES string of the molecule is COc1ccc(-n2nc(C(=O)N3CCC(CC[18F])CC3)c3csc(N)c3c2=O)cc1. The predicted molar refractivity (Wildman–Crippen MR) is 115 cm³/mol. The second-order valence-corrected chi connectivity index (χ2v) is 8.28. The summed E-state index contributed by atoms with van der Waals surface area (Å²) < 4.78 is 19.0. The van der Waals surface area contributed by atoms with Crippen molar-refractivity contribution in [2.75, 3.05) is 32.6 Å². The number of hydrogen-bond donors (Lipinski definition) is 1. The molecule has 1 aliphatic rings. The van der Waals surface area contributed by atoms with Crippen molar-refractivity contribution in [2.45, 2.75) is 19.3 Å². The number of piperidine rings is 1. The molecular weight excluding hydrogens is 406 g/mol. The van der Waals surface area contributed by atoms with Gasteiger partial charge in [-0.15, -0.1) is 11.3 Å². The number of nitrogens with two attached hydrogens (primary N) is 1. The first-order chi connectivity index (χ1) is 14.5. The van der Waals surface area contributed by atoms with Crippen molar-refractivity contribution in [3.63, 3.8) is 0 Å². The van der Waals surface area contributed by atoms with E-state index in [2.05, 4.69) is 5.10 Å². The van der Waals surface area contributed by atoms with Gasteiger partial charge in [-0.25, -0.2) is 0 Å². The summed E-state index contributed by atoms with van der Waals surface area (Å²) in [6.07, 6.45) is 2.07. The van der Waals surface area contributed by atoms with E-state index in [1.165, 1.54) is 16.0 Å². The molecule has 0 atom stereocenters. The van der Waals surface area contributed by atoms with Gasteiger partial charge in [0.2, 0.25) is 0 Å². The number of nitrogens with zero attached hydrogens (tertiary/aromatic N) is 3. The largest absolute Gasteiger partial charge is 0.497 e. The number of methoxy groups -OCH3 is 1. The number of hydrogen-bond acceptors (Lipinski definition) is 6. The number of amides is 1. The smallest absolute Gasteiger partial charge is 0.282 e. The van der Waals surface area contributed by atoms with E-state index in [1.807, 2.05) is 0 Å². The number of benzene rings is 1. The Balaban J connectivity index is 1.75. The number of carbonyl (C=O) groups excluding carboxylic acids is 1. The summed E-state index contributed by atoms with van der Waals surface area (Å²) in [5.74, 6) is 0.714. The summed E-state index contributed by atoms with van der Waals surface area (Å²) in [5, 5.41) is 7.28. The van der Waals surface area contributed by atoms with E-state index in [9.17, 15) is 14.0 Å². The zero-order valence-corrected chi connectivity index (χ0v) is 17.5. The van der Waals surface area contributed by atoms with Crippen LogP contribution in [0.3, 0.4) is 0 Å². The summed E-state index contributed by atoms with van der Waals surface area (Å²) in [7, 11) is 1.56. The third-order valence-electron chi connectivity index (χ3n) is 5.62. The van der Waals surface area contributed by atoms with Crippen LogP contribution in [0.2, 0.25) is 0 Å². The van der Waals surface area contributed by atoms with Gasteiger partial charge in [0.25, 0.3) is 11.5 Å². The van der Waals surface area contributed by atoms with Crippen molar-refractivity contribution >= 4 is 33.0 Å². The fraction of sp³-hybridized carbons (Fsp3) is 0.381. The Morgan fingerprint density at radius 2 is 2.00 bits per heavy atom. The molecule has 158 valence electrons. The van der Waals surface area contributed by atoms with Crippen LogP contribution in [0.4, 0.5) is 9.39 Å². The number of alkyl halides is 1. The first-order valence-corrected chi connectivity index (χ1v) is 10.7. The highest BCUT2D eigenvalue weighted by molar-refractivity contribution is 7.15. The molecule has 1 fully saturated rings. The van der Waals surface area contributed by atoms with Crippen molar-refractivity contribution in [3.05, 3.63) is 45.7 Å². The number of thiophene rings is 1. The Morgan fingerprint density at radius 1 is 1.30 bits per heavy atom. The van der Waals surface area contributed by atoms with Gasteiger partial charge in [0.15, 0.2) is 5.69 Å². The second kappa shape index (κ2) is 8.43. The number of halogens is 1. The number of rotatable bonds is 5. The molecule has 1 amide bonds. The second-order valence-electron chi connectivity index (χ2n) is 7.37. The molecule has 2 N–H and O–H groups in total. The number of ether oxygens (including phenoxy) is 1. The van der Waals surface area contributed by atoms with Crippen LogP contribution in [0.1, 0.15) is 29.8 Å². The number of nitrogen functional groups attached to an aromatic ring is 1. The molecule has 0 radical (unpaired) electrons. The van der Waals surface area contributed by atoms with E-state index in [0.717, 1.165) is 12.8 Å². The fourth-order valence-corrected chi connectivity index (χ4v) is 4.65. The number of anilines is 1. The highest BCUT2D eigenvalue weighted by Crippen LogP contribution is 2.29. The summed E-state index contributed by atoms with van der Waals surface area (Å²) in [6, 6.07) is 6.86. The molecule has 2 aromatic heterocycles. The highest BCUT2D eigenvalue weighted by Gasteiger charge is 2.28. The lowest BCUT2D eigenvalue weighted by molar-refractivity contribution is 0.0678. The summed E-state index contributed by atoms with van der Waals surface area (Å²) in [6.45, 7) is 0.768. The third-order valence-corrected chi connectivity index (χ3v) is 6.43. The maximum Gasteiger partial charge on any atom is 0.282 e. The first kappa shape index (κ1) is 20.3. The quantitative estimate of drug-likeness (QED) is 0.672. The summed E-state index contributed by atoms with van der Waals surface area (Å²) >= 11 is 1.22. The maximum absolute atomic E-state index is 13.3. The Labute approximate surface area is 176 Å². The zero-order valence-electron chi connectivity index (χ0n) is 16.6. The van der Waals surface area contributed by atoms with Gasteiger partial charge in [0, 0.05) is 23.9 Å². The average Bonchev–Trinajstić information content (AvgIpc) is 3.17. The molecule has 0 aliphatic carbocycles. The average molecular weight is 430 g/mol. The van der Waals surface area contributed by atoms with Gasteiger partial charge in [-0.2, -0.15) is 9.78 Å². The zero-order chi connectivity index (χ0) is 21.3. The van der Waals surface area contributed by atoms with Crippen LogP contribution in [0.15, 0.2) is 34.4 Å². The van der Waals surface area contributed by atoms with E-state index in [1.54, 1.807) is 41.7 Å². The van der Waals surface area contributed by atoms with Gasteiger partial charge < -0.3 is 15.4 Å². The molecule has 30 heavy (non-hydrogen) atoms. The molecule has 3 heterocycles. The molecule has 7 nitrogen and oxygen atoms in total. The minimum absolute atomic E-state index is 0.206. The lowest BCUT2D eigenvalue weighted by Crippen LogP contribution is -2.40. The molecule has 0 bridgehead atoms. The molecule has 0 spiro atoms. The standard InChI is InChI=1S/C21H23FN4O3S/c1-29-15-4-2-14(3-5-15)26-20(27)17-16(12-30-19(17)23)18(24-26)21(28)25-10-7-13(6-9-22)8-11-25/h2-5,12-13H,6-11,23H2,1H3/i22-1. The maximum atomic E-state index is 13.3. The number of aromatic nitrogens is 2. The van der Waals surface area contributed by atoms with Crippen LogP contribution in [-0.2, 0) is 0 Å². The topological polar surface area (TPSA) is 90.5 Å². The van der Waals surface area contributed by atoms with Crippen molar-refractivity contribution < 1.29 is 13.9 Å². The minimum atomic E-state index is -0.368. The fourth-order valence-electron chi connectivity index (χ4n) is 3.86. The third kappa shape index (κ3) is 3.65. The van der Waals surface area contributed by atoms with Crippen LogP contribution in [0, 0.1) is 5.92 Å². The molecule has 3 aromatic rings. The number of fused-ring (bicyclic) bond motifs is 1. The number of carbonyl (C=O) groups is 1. The van der Waals surface area contributed by atoms with Crippen molar-refractivity contribution in [1.82, 2.24) is 14.7 Å². The Bertz CT molecular complexity index is 1120. The number of likely N-dealkylation sites (tertiary alicyclic amines) is 1. The van der Waals surface area contributed by atoms with E-state index in [4.69, 9.17) is 10.5 Å². The Hall–Kier alpha value is -2.94. The van der Waals surface area contributed by atoms with E-state index < -0.39 is 0 Å². The van der Waals surface area contributed by atoms with Gasteiger partial charge >= 0.3 is 0 Å². The van der Waals surface area contributed by atoms with Crippen molar-refractivity contribution in [3.8, 4) is 11.4 Å². The predicted octanol–water partition coefficient (Wildman–Crippen LogP) is 3.25. The molecule has 1 saturated heterocycles. The van der Waals surface area contributed by atoms with Crippen LogP contribution in [0.5, 0.6) is 5.75 Å². The Kier molecular flexibility index (Phi) is 5.72. The Morgan fingerprint density at radius 3 is 2.63 bits per heavy atom. The van der Waals surface area contributed by atoms with Crippen LogP contribution >= 0.6 is 11.3 Å². The van der Waals surface area contributed by atoms with Crippen LogP contribution < -0.4 is 16.0 Å². The van der Waals surface area contributed by atoms with Gasteiger partial charge in [-0.1, -0.05) is 0 Å². The van der Waals surface area contributed by atoms with Gasteiger partial charge in [0.05, 0.1) is 29.9 Å². The van der Waals surface area contributed by atoms with Gasteiger partial charge in [-0.05, 0) is 49.4 Å². The van der Waals surface area contributed by atoms with Crippen molar-refractivity contribution in [1.29, 1.82) is 0 Å². The summed E-state index contributed by atoms with van der Waals surface area (Å²) in [4.78, 5) is 28.1. The lowest BCUT2D eigenvalue weighted by Gasteiger charge is -2.31. The van der Waals surface area contributed by atoms with E-state index in [-0.39, 0.29) is 23.8 Å². The van der Waals surface area contributed by atoms with Crippen LogP contribution in [0.25, 0.3) is 16.5 Å². The molecule has 0 unspecified atom stereocenters. The molecule has 1 aromatic carbocycles. The molecule has 4 rings (SSSR count). The monoisotopic (exact) mass is 429 g/mol.